The zero-order chi connectivity index (χ0) is 53.6. The minimum Gasteiger partial charge on any atom is -0.462 e. The molecule has 74 heavy (non-hydrogen) atoms. The second-order valence-electron chi connectivity index (χ2n) is 20.9. The van der Waals surface area contributed by atoms with E-state index in [1.54, 1.807) is 0 Å². The summed E-state index contributed by atoms with van der Waals surface area (Å²) < 4.78 is 16.8. The molecule has 0 fully saturated rings. The first-order chi connectivity index (χ1) is 36.5. The van der Waals surface area contributed by atoms with Crippen molar-refractivity contribution in [1.82, 2.24) is 0 Å². The second-order valence-corrected chi connectivity index (χ2v) is 20.9. The average Bonchev–Trinajstić information content (AvgIpc) is 3.40. The van der Waals surface area contributed by atoms with E-state index in [0.29, 0.717) is 19.3 Å². The van der Waals surface area contributed by atoms with Gasteiger partial charge in [0.05, 0.1) is 0 Å². The van der Waals surface area contributed by atoms with Crippen LogP contribution in [0, 0.1) is 0 Å². The smallest absolute Gasteiger partial charge is 0.306 e. The summed E-state index contributed by atoms with van der Waals surface area (Å²) in [5.41, 5.74) is 0. The number of ether oxygens (including phenoxy) is 3. The Morgan fingerprint density at radius 1 is 0.284 bits per heavy atom. The summed E-state index contributed by atoms with van der Waals surface area (Å²) in [7, 11) is 0. The zero-order valence-corrected chi connectivity index (χ0v) is 48.8. The average molecular weight is 1030 g/mol. The summed E-state index contributed by atoms with van der Waals surface area (Å²) in [6, 6.07) is 0. The summed E-state index contributed by atoms with van der Waals surface area (Å²) >= 11 is 0. The Balaban J connectivity index is 3.99. The fraction of sp³-hybridized carbons (Fsp3) is 0.750. The second kappa shape index (κ2) is 62.1. The molecule has 0 spiro atoms. The van der Waals surface area contributed by atoms with Crippen LogP contribution in [0.5, 0.6) is 0 Å². The van der Waals surface area contributed by atoms with E-state index in [2.05, 4.69) is 106 Å². The van der Waals surface area contributed by atoms with Crippen molar-refractivity contribution < 1.29 is 28.6 Å². The molecule has 0 aliphatic carbocycles. The van der Waals surface area contributed by atoms with Gasteiger partial charge in [0.1, 0.15) is 13.2 Å². The van der Waals surface area contributed by atoms with Crippen molar-refractivity contribution in [2.75, 3.05) is 13.2 Å². The first-order valence-corrected chi connectivity index (χ1v) is 31.6. The molecule has 0 aliphatic heterocycles. The molecule has 0 saturated carbocycles. The van der Waals surface area contributed by atoms with Gasteiger partial charge in [-0.25, -0.2) is 0 Å². The number of allylic oxidation sites excluding steroid dienone is 14. The van der Waals surface area contributed by atoms with Crippen molar-refractivity contribution in [3.05, 3.63) is 85.1 Å². The number of hydrogen-bond donors (Lipinski definition) is 0. The highest BCUT2D eigenvalue weighted by Crippen LogP contribution is 2.16. The number of carbonyl (C=O) groups excluding carboxylic acids is 3. The molecule has 0 aliphatic rings. The molecule has 6 heteroatoms. The van der Waals surface area contributed by atoms with E-state index >= 15 is 0 Å². The van der Waals surface area contributed by atoms with Crippen molar-refractivity contribution in [2.24, 2.45) is 0 Å². The van der Waals surface area contributed by atoms with E-state index in [4.69, 9.17) is 14.2 Å². The van der Waals surface area contributed by atoms with Gasteiger partial charge in [-0.15, -0.1) is 0 Å². The highest BCUT2D eigenvalue weighted by atomic mass is 16.6. The highest BCUT2D eigenvalue weighted by Gasteiger charge is 2.19. The van der Waals surface area contributed by atoms with Crippen LogP contribution in [0.25, 0.3) is 0 Å². The Hall–Kier alpha value is -3.41. The largest absolute Gasteiger partial charge is 0.462 e. The predicted molar refractivity (Wildman–Crippen MR) is 321 cm³/mol. The lowest BCUT2D eigenvalue weighted by atomic mass is 10.0. The number of esters is 3. The van der Waals surface area contributed by atoms with Crippen molar-refractivity contribution in [3.63, 3.8) is 0 Å². The van der Waals surface area contributed by atoms with Gasteiger partial charge in [0, 0.05) is 19.3 Å². The lowest BCUT2D eigenvalue weighted by Crippen LogP contribution is -2.30. The predicted octanol–water partition coefficient (Wildman–Crippen LogP) is 21.5. The van der Waals surface area contributed by atoms with Crippen LogP contribution >= 0.6 is 0 Å². The van der Waals surface area contributed by atoms with Gasteiger partial charge in [0.15, 0.2) is 6.10 Å². The number of hydrogen-bond acceptors (Lipinski definition) is 6. The zero-order valence-electron chi connectivity index (χ0n) is 48.8. The van der Waals surface area contributed by atoms with Gasteiger partial charge in [-0.05, 0) is 96.3 Å². The van der Waals surface area contributed by atoms with Gasteiger partial charge < -0.3 is 14.2 Å². The minimum atomic E-state index is -0.773. The molecule has 0 aromatic carbocycles. The Morgan fingerprint density at radius 3 is 0.838 bits per heavy atom. The summed E-state index contributed by atoms with van der Waals surface area (Å²) in [5, 5.41) is 0. The summed E-state index contributed by atoms with van der Waals surface area (Å²) in [6.45, 7) is 6.46. The maximum atomic E-state index is 12.8. The number of unbranched alkanes of at least 4 members (excludes halogenated alkanes) is 32. The molecule has 0 aromatic rings. The standard InChI is InChI=1S/C68H118O6/c1-4-7-10-13-15-17-19-21-23-25-27-28-29-30-31-32-33-34-35-36-37-38-39-40-41-43-44-46-48-50-52-55-58-61-67(70)73-64-65(63-72-66(69)60-57-54-12-9-6-3)74-68(71)62-59-56-53-51-49-47-45-42-26-24-22-20-18-16-14-11-8-5-2/h7,10,15,17,21,23-24,26-28,30-31,33-34,65H,4-6,8-9,11-14,16,18-20,22,25,29,32,35-64H2,1-3H3/b10-7-,17-15-,23-21-,26-24-,28-27-,31-30-,34-33-. The molecule has 0 bridgehead atoms. The van der Waals surface area contributed by atoms with Crippen LogP contribution in [0.3, 0.4) is 0 Å². The molecule has 1 atom stereocenters. The molecule has 0 rings (SSSR count). The molecule has 426 valence electrons. The molecular weight excluding hydrogens is 913 g/mol. The highest BCUT2D eigenvalue weighted by molar-refractivity contribution is 5.71. The number of carbonyl (C=O) groups is 3. The molecule has 0 amide bonds. The van der Waals surface area contributed by atoms with Crippen LogP contribution < -0.4 is 0 Å². The third-order valence-corrected chi connectivity index (χ3v) is 13.6. The van der Waals surface area contributed by atoms with Gasteiger partial charge in [-0.1, -0.05) is 279 Å². The molecule has 0 aromatic heterocycles. The van der Waals surface area contributed by atoms with Gasteiger partial charge in [0.2, 0.25) is 0 Å². The maximum absolute atomic E-state index is 12.8. The third-order valence-electron chi connectivity index (χ3n) is 13.6. The monoisotopic (exact) mass is 1030 g/mol. The van der Waals surface area contributed by atoms with Crippen LogP contribution in [0.2, 0.25) is 0 Å². The van der Waals surface area contributed by atoms with E-state index in [-0.39, 0.29) is 31.1 Å². The lowest BCUT2D eigenvalue weighted by molar-refractivity contribution is -0.167. The normalized spacial score (nSPS) is 12.6. The van der Waals surface area contributed by atoms with Crippen molar-refractivity contribution in [1.29, 1.82) is 0 Å². The quantitative estimate of drug-likeness (QED) is 0.0261. The molecule has 0 radical (unpaired) electrons. The molecule has 6 nitrogen and oxygen atoms in total. The molecule has 0 saturated heterocycles. The van der Waals surface area contributed by atoms with Gasteiger partial charge in [-0.3, -0.25) is 14.4 Å². The molecular formula is C68H118O6. The van der Waals surface area contributed by atoms with E-state index in [0.717, 1.165) is 103 Å². The van der Waals surface area contributed by atoms with Gasteiger partial charge in [-0.2, -0.15) is 0 Å². The van der Waals surface area contributed by atoms with Crippen LogP contribution in [0.1, 0.15) is 310 Å². The first-order valence-electron chi connectivity index (χ1n) is 31.6. The summed E-state index contributed by atoms with van der Waals surface area (Å²) in [6.07, 6.45) is 82.1. The van der Waals surface area contributed by atoms with Crippen LogP contribution in [0.4, 0.5) is 0 Å². The maximum Gasteiger partial charge on any atom is 0.306 e. The lowest BCUT2D eigenvalue weighted by Gasteiger charge is -2.18. The fourth-order valence-electron chi connectivity index (χ4n) is 8.91. The Morgan fingerprint density at radius 2 is 0.527 bits per heavy atom. The van der Waals surface area contributed by atoms with Crippen molar-refractivity contribution >= 4 is 17.9 Å². The Bertz CT molecular complexity index is 1420. The van der Waals surface area contributed by atoms with Crippen LogP contribution in [0.15, 0.2) is 85.1 Å². The SMILES string of the molecule is CC/C=C\C/C=C\C/C=C\C/C=C\C/C=C\C/C=C\CCCCCCCCCCCCCCCCC(=O)OCC(COC(=O)CCCCCCC)OC(=O)CCCCCCCCC/C=C\CCCCCCCCC. The van der Waals surface area contributed by atoms with E-state index in [1.165, 1.54) is 167 Å². The first kappa shape index (κ1) is 70.6. The van der Waals surface area contributed by atoms with Crippen molar-refractivity contribution in [2.45, 2.75) is 316 Å². The molecule has 1 unspecified atom stereocenters. The number of rotatable bonds is 57. The Labute approximate surface area is 458 Å². The van der Waals surface area contributed by atoms with E-state index in [9.17, 15) is 14.4 Å². The summed E-state index contributed by atoms with van der Waals surface area (Å²) in [5.74, 6) is -0.884. The van der Waals surface area contributed by atoms with E-state index in [1.807, 2.05) is 0 Å². The van der Waals surface area contributed by atoms with Crippen LogP contribution in [-0.2, 0) is 28.6 Å². The fourth-order valence-corrected chi connectivity index (χ4v) is 8.91. The van der Waals surface area contributed by atoms with Crippen LogP contribution in [-0.4, -0.2) is 37.2 Å². The minimum absolute atomic E-state index is 0.0757. The van der Waals surface area contributed by atoms with E-state index < -0.39 is 6.10 Å². The van der Waals surface area contributed by atoms with Gasteiger partial charge in [0.25, 0.3) is 0 Å². The van der Waals surface area contributed by atoms with Gasteiger partial charge >= 0.3 is 17.9 Å². The third kappa shape index (κ3) is 59.5. The molecule has 0 N–H and O–H groups in total. The summed E-state index contributed by atoms with van der Waals surface area (Å²) in [4.78, 5) is 37.9. The van der Waals surface area contributed by atoms with Crippen molar-refractivity contribution in [3.8, 4) is 0 Å². The molecule has 0 heterocycles. The Kier molecular flexibility index (Phi) is 59.3. The topological polar surface area (TPSA) is 78.9 Å².